The highest BCUT2D eigenvalue weighted by atomic mass is 16.5. The van der Waals surface area contributed by atoms with Crippen LogP contribution in [-0.2, 0) is 12.8 Å². The fourth-order valence-corrected chi connectivity index (χ4v) is 12.0. The average Bonchev–Trinajstić information content (AvgIpc) is 3.47. The van der Waals surface area contributed by atoms with Gasteiger partial charge in [0.2, 0.25) is 0 Å². The minimum Gasteiger partial charge on any atom is -0.504 e. The molecule has 0 saturated heterocycles. The van der Waals surface area contributed by atoms with Crippen LogP contribution in [0.2, 0.25) is 0 Å². The lowest BCUT2D eigenvalue weighted by Crippen LogP contribution is -2.50. The largest absolute Gasteiger partial charge is 0.504 e. The molecule has 0 spiro atoms. The van der Waals surface area contributed by atoms with Gasteiger partial charge in [-0.25, -0.2) is 0 Å². The summed E-state index contributed by atoms with van der Waals surface area (Å²) in [7, 11) is 0. The Labute approximate surface area is 262 Å². The molecule has 2 aromatic rings. The summed E-state index contributed by atoms with van der Waals surface area (Å²) in [5.41, 5.74) is 2.85. The smallest absolute Gasteiger partial charge is 0.172 e. The molecule has 0 heterocycles. The van der Waals surface area contributed by atoms with E-state index in [2.05, 4.69) is 50.0 Å². The first kappa shape index (κ1) is 28.5. The van der Waals surface area contributed by atoms with Crippen molar-refractivity contribution in [3.63, 3.8) is 0 Å². The quantitative estimate of drug-likeness (QED) is 0.315. The number of benzene rings is 2. The van der Waals surface area contributed by atoms with Crippen LogP contribution < -0.4 is 4.74 Å². The van der Waals surface area contributed by atoms with Crippen molar-refractivity contribution >= 4 is 0 Å². The van der Waals surface area contributed by atoms with E-state index < -0.39 is 11.2 Å². The molecule has 8 rings (SSSR count). The van der Waals surface area contributed by atoms with Gasteiger partial charge in [-0.3, -0.25) is 0 Å². The van der Waals surface area contributed by atoms with Crippen molar-refractivity contribution in [2.24, 2.45) is 34.5 Å². The second-order valence-corrected chi connectivity index (χ2v) is 15.8. The minimum atomic E-state index is -1.00. The van der Waals surface area contributed by atoms with Gasteiger partial charge in [0, 0.05) is 16.4 Å². The number of fused-ring (bicyclic) bond motifs is 10. The molecule has 0 radical (unpaired) electrons. The van der Waals surface area contributed by atoms with Crippen LogP contribution in [0.1, 0.15) is 112 Å². The molecule has 44 heavy (non-hydrogen) atoms. The van der Waals surface area contributed by atoms with Gasteiger partial charge < -0.3 is 20.1 Å². The fourth-order valence-electron chi connectivity index (χ4n) is 12.0. The van der Waals surface area contributed by atoms with Crippen LogP contribution in [0.3, 0.4) is 0 Å². The summed E-state index contributed by atoms with van der Waals surface area (Å²) in [6, 6.07) is 10.5. The number of ether oxygens (including phenoxy) is 1. The van der Waals surface area contributed by atoms with Crippen molar-refractivity contribution in [1.29, 1.82) is 0 Å². The second-order valence-electron chi connectivity index (χ2n) is 15.8. The van der Waals surface area contributed by atoms with E-state index in [-0.39, 0.29) is 16.6 Å². The summed E-state index contributed by atoms with van der Waals surface area (Å²) in [6.45, 7) is 4.45. The molecule has 0 amide bonds. The molecule has 2 aromatic carbocycles. The second kappa shape index (κ2) is 9.55. The van der Waals surface area contributed by atoms with E-state index in [1.165, 1.54) is 16.7 Å². The Kier molecular flexibility index (Phi) is 6.19. The highest BCUT2D eigenvalue weighted by Crippen LogP contribution is 2.66. The summed E-state index contributed by atoms with van der Waals surface area (Å²) >= 11 is 0. The Morgan fingerprint density at radius 3 is 1.91 bits per heavy atom. The SMILES string of the molecule is C#C[C@]1(O)CC[C@H]2[C@@H]3CCc4cc(Oc5c(O)ccc6c5CC[C@@H]5[C@@H]6CC[C@@]6(C)[C@H]5CC[C@@]6(O)C#C)ccc4[C@H]3CC[C@@]21C. The molecule has 0 unspecified atom stereocenters. The summed E-state index contributed by atoms with van der Waals surface area (Å²) in [6.07, 6.45) is 23.1. The molecule has 10 atom stereocenters. The first-order chi connectivity index (χ1) is 21.1. The van der Waals surface area contributed by atoms with Crippen LogP contribution in [0.25, 0.3) is 0 Å². The number of phenolic OH excluding ortho intramolecular Hbond substituents is 1. The summed E-state index contributed by atoms with van der Waals surface area (Å²) < 4.78 is 6.60. The Bertz CT molecular complexity index is 1610. The molecule has 0 aromatic heterocycles. The van der Waals surface area contributed by atoms with Gasteiger partial charge in [-0.2, -0.15) is 0 Å². The zero-order chi connectivity index (χ0) is 30.6. The third kappa shape index (κ3) is 3.62. The maximum absolute atomic E-state index is 11.3. The third-order valence-electron chi connectivity index (χ3n) is 14.5. The topological polar surface area (TPSA) is 69.9 Å². The van der Waals surface area contributed by atoms with Crippen LogP contribution in [0.4, 0.5) is 0 Å². The van der Waals surface area contributed by atoms with Crippen molar-refractivity contribution in [3.05, 3.63) is 52.6 Å². The van der Waals surface area contributed by atoms with E-state index in [0.717, 1.165) is 75.5 Å². The van der Waals surface area contributed by atoms with E-state index in [0.29, 0.717) is 54.1 Å². The Morgan fingerprint density at radius 1 is 0.727 bits per heavy atom. The Hall–Kier alpha value is -2.92. The normalized spacial score (nSPS) is 43.2. The van der Waals surface area contributed by atoms with Gasteiger partial charge in [-0.15, -0.1) is 12.8 Å². The van der Waals surface area contributed by atoms with Crippen LogP contribution in [0.5, 0.6) is 17.2 Å². The molecule has 4 fully saturated rings. The van der Waals surface area contributed by atoms with E-state index >= 15 is 0 Å². The minimum absolute atomic E-state index is 0.191. The average molecular weight is 591 g/mol. The Morgan fingerprint density at radius 2 is 1.30 bits per heavy atom. The van der Waals surface area contributed by atoms with Crippen LogP contribution >= 0.6 is 0 Å². The zero-order valence-electron chi connectivity index (χ0n) is 26.2. The number of hydrogen-bond donors (Lipinski definition) is 3. The lowest BCUT2D eigenvalue weighted by molar-refractivity contribution is -0.0648. The van der Waals surface area contributed by atoms with Crippen molar-refractivity contribution in [2.75, 3.05) is 0 Å². The standard InChI is InChI=1S/C40H46O4/c1-5-39(42)21-17-33-30-9-7-24-23-25(8-10-26(24)28(30)15-19-37(33,39)3)44-36-32-12-11-31-29(27(32)13-14-35(36)41)16-20-38(4)34(31)18-22-40(38,43)6-2/h1-2,8,10,13-14,23,28-31,33-34,41-43H,7,9,11-12,15-22H2,3-4H3/t28-,29-,30-,31-,33+,34+,37+,38+,39+,40+/m1/s1. The molecule has 4 heteroatoms. The van der Waals surface area contributed by atoms with Gasteiger partial charge in [-0.05, 0) is 147 Å². The predicted octanol–water partition coefficient (Wildman–Crippen LogP) is 7.63. The summed E-state index contributed by atoms with van der Waals surface area (Å²) in [5, 5.41) is 33.7. The van der Waals surface area contributed by atoms with Gasteiger partial charge in [0.15, 0.2) is 11.5 Å². The van der Waals surface area contributed by atoms with Crippen molar-refractivity contribution in [2.45, 2.75) is 114 Å². The number of terminal acetylenes is 2. The molecular formula is C40H46O4. The van der Waals surface area contributed by atoms with E-state index in [1.54, 1.807) is 0 Å². The maximum atomic E-state index is 11.3. The van der Waals surface area contributed by atoms with Crippen LogP contribution in [-0.4, -0.2) is 26.5 Å². The highest BCUT2D eigenvalue weighted by Gasteiger charge is 2.62. The molecule has 4 saturated carbocycles. The number of hydrogen-bond acceptors (Lipinski definition) is 4. The number of aliphatic hydroxyl groups is 2. The molecule has 0 bridgehead atoms. The third-order valence-corrected chi connectivity index (χ3v) is 14.5. The number of phenols is 1. The van der Waals surface area contributed by atoms with E-state index in [4.69, 9.17) is 17.6 Å². The van der Waals surface area contributed by atoms with Gasteiger partial charge in [0.1, 0.15) is 17.0 Å². The lowest BCUT2D eigenvalue weighted by atomic mass is 9.53. The van der Waals surface area contributed by atoms with Gasteiger partial charge >= 0.3 is 0 Å². The highest BCUT2D eigenvalue weighted by molar-refractivity contribution is 5.55. The predicted molar refractivity (Wildman–Crippen MR) is 171 cm³/mol. The van der Waals surface area contributed by atoms with Gasteiger partial charge in [-0.1, -0.05) is 37.8 Å². The Balaban J connectivity index is 1.05. The number of rotatable bonds is 2. The van der Waals surface area contributed by atoms with Gasteiger partial charge in [0.05, 0.1) is 0 Å². The molecule has 3 N–H and O–H groups in total. The zero-order valence-corrected chi connectivity index (χ0v) is 26.2. The lowest BCUT2D eigenvalue weighted by Gasteiger charge is -2.52. The van der Waals surface area contributed by atoms with Crippen LogP contribution in [0.15, 0.2) is 30.3 Å². The molecule has 6 aliphatic carbocycles. The number of aromatic hydroxyl groups is 1. The molecular weight excluding hydrogens is 544 g/mol. The summed E-state index contributed by atoms with van der Waals surface area (Å²) in [4.78, 5) is 0. The molecule has 0 aliphatic heterocycles. The van der Waals surface area contributed by atoms with Gasteiger partial charge in [0.25, 0.3) is 0 Å². The van der Waals surface area contributed by atoms with E-state index in [1.807, 2.05) is 6.07 Å². The fraction of sp³-hybridized carbons (Fsp3) is 0.600. The monoisotopic (exact) mass is 590 g/mol. The molecule has 6 aliphatic rings. The first-order valence-electron chi connectivity index (χ1n) is 17.1. The summed E-state index contributed by atoms with van der Waals surface area (Å²) in [5.74, 6) is 10.0. The molecule has 230 valence electrons. The van der Waals surface area contributed by atoms with Crippen molar-refractivity contribution < 1.29 is 20.1 Å². The first-order valence-corrected chi connectivity index (χ1v) is 17.1. The van der Waals surface area contributed by atoms with E-state index in [9.17, 15) is 15.3 Å². The van der Waals surface area contributed by atoms with Crippen LogP contribution in [0, 0.1) is 59.2 Å². The van der Waals surface area contributed by atoms with Crippen molar-refractivity contribution in [1.82, 2.24) is 0 Å². The number of aryl methyl sites for hydroxylation is 1. The van der Waals surface area contributed by atoms with Crippen molar-refractivity contribution in [3.8, 4) is 41.9 Å². The maximum Gasteiger partial charge on any atom is 0.172 e. The molecule has 4 nitrogen and oxygen atoms in total.